The number of thiophene rings is 1. The Morgan fingerprint density at radius 1 is 1.29 bits per heavy atom. The Kier molecular flexibility index (Phi) is 5.85. The smallest absolute Gasteiger partial charge is 0.273 e. The standard InChI is InChI=1S/C20H25N5O2S/c26-19(9-8-17-5-3-13-28-17)25-11-2-1-4-16(25)10-12-24-14-18(22-23-24)20(27)21-15-6-7-15/h3,5,8-9,13-16H,1-2,4,6-7,10-12H2,(H,21,27)/b9-8+/t16-/m1/s1. The van der Waals surface area contributed by atoms with Gasteiger partial charge in [-0.3, -0.25) is 14.3 Å². The van der Waals surface area contributed by atoms with Crippen LogP contribution in [0.2, 0.25) is 0 Å². The van der Waals surface area contributed by atoms with Crippen molar-refractivity contribution in [3.05, 3.63) is 40.4 Å². The van der Waals surface area contributed by atoms with Gasteiger partial charge in [0, 0.05) is 36.1 Å². The number of carbonyl (C=O) groups is 2. The van der Waals surface area contributed by atoms with Crippen molar-refractivity contribution in [2.45, 2.75) is 57.2 Å². The minimum Gasteiger partial charge on any atom is -0.348 e. The fourth-order valence-corrected chi connectivity index (χ4v) is 4.12. The Hall–Kier alpha value is -2.48. The molecule has 148 valence electrons. The molecule has 2 aliphatic rings. The highest BCUT2D eigenvalue weighted by atomic mass is 32.1. The number of amides is 2. The van der Waals surface area contributed by atoms with Crippen LogP contribution in [0.3, 0.4) is 0 Å². The lowest BCUT2D eigenvalue weighted by atomic mass is 9.99. The summed E-state index contributed by atoms with van der Waals surface area (Å²) in [5.74, 6) is -0.0804. The first-order valence-corrected chi connectivity index (χ1v) is 10.8. The minimum absolute atomic E-state index is 0.0705. The Bertz CT molecular complexity index is 841. The number of rotatable bonds is 7. The zero-order valence-corrected chi connectivity index (χ0v) is 16.6. The summed E-state index contributed by atoms with van der Waals surface area (Å²) in [5.41, 5.74) is 0.363. The first kappa shape index (κ1) is 18.9. The number of piperidine rings is 1. The van der Waals surface area contributed by atoms with E-state index in [1.807, 2.05) is 28.5 Å². The summed E-state index contributed by atoms with van der Waals surface area (Å²) in [6.07, 6.45) is 11.4. The lowest BCUT2D eigenvalue weighted by molar-refractivity contribution is -0.129. The van der Waals surface area contributed by atoms with Crippen molar-refractivity contribution in [3.8, 4) is 0 Å². The van der Waals surface area contributed by atoms with E-state index in [-0.39, 0.29) is 17.9 Å². The SMILES string of the molecule is O=C(NC1CC1)c1cn(CC[C@H]2CCCCN2C(=O)/C=C/c2cccs2)nn1. The Balaban J connectivity index is 1.32. The molecule has 0 spiro atoms. The predicted molar refractivity (Wildman–Crippen MR) is 108 cm³/mol. The number of hydrogen-bond acceptors (Lipinski definition) is 5. The average Bonchev–Trinajstić information content (AvgIpc) is 3.19. The van der Waals surface area contributed by atoms with Crippen LogP contribution in [0.15, 0.2) is 29.8 Å². The summed E-state index contributed by atoms with van der Waals surface area (Å²) in [7, 11) is 0. The molecule has 2 aromatic heterocycles. The molecule has 2 amide bonds. The van der Waals surface area contributed by atoms with Gasteiger partial charge in [0.25, 0.3) is 5.91 Å². The third-order valence-corrected chi connectivity index (χ3v) is 6.06. The summed E-state index contributed by atoms with van der Waals surface area (Å²) in [6, 6.07) is 4.49. The highest BCUT2D eigenvalue weighted by Crippen LogP contribution is 2.22. The molecule has 2 aromatic rings. The van der Waals surface area contributed by atoms with Gasteiger partial charge in [0.15, 0.2) is 5.69 Å². The maximum absolute atomic E-state index is 12.7. The molecule has 7 nitrogen and oxygen atoms in total. The van der Waals surface area contributed by atoms with Crippen molar-refractivity contribution in [1.29, 1.82) is 0 Å². The van der Waals surface area contributed by atoms with Crippen LogP contribution >= 0.6 is 11.3 Å². The van der Waals surface area contributed by atoms with Crippen LogP contribution in [-0.4, -0.2) is 50.3 Å². The van der Waals surface area contributed by atoms with Crippen molar-refractivity contribution >= 4 is 29.2 Å². The highest BCUT2D eigenvalue weighted by Gasteiger charge is 2.26. The Morgan fingerprint density at radius 2 is 2.18 bits per heavy atom. The molecule has 0 bridgehead atoms. The summed E-state index contributed by atoms with van der Waals surface area (Å²) in [4.78, 5) is 27.8. The van der Waals surface area contributed by atoms with Gasteiger partial charge in [-0.05, 0) is 56.0 Å². The molecule has 3 heterocycles. The molecule has 8 heteroatoms. The van der Waals surface area contributed by atoms with E-state index in [2.05, 4.69) is 15.6 Å². The van der Waals surface area contributed by atoms with Gasteiger partial charge < -0.3 is 10.2 Å². The third-order valence-electron chi connectivity index (χ3n) is 5.22. The van der Waals surface area contributed by atoms with Crippen molar-refractivity contribution in [1.82, 2.24) is 25.2 Å². The van der Waals surface area contributed by atoms with E-state index in [4.69, 9.17) is 0 Å². The van der Waals surface area contributed by atoms with Gasteiger partial charge in [0.05, 0.1) is 6.20 Å². The van der Waals surface area contributed by atoms with E-state index in [0.717, 1.165) is 49.9 Å². The predicted octanol–water partition coefficient (Wildman–Crippen LogP) is 2.72. The second kappa shape index (κ2) is 8.68. The van der Waals surface area contributed by atoms with Crippen LogP contribution in [0.25, 0.3) is 6.08 Å². The van der Waals surface area contributed by atoms with Crippen LogP contribution in [0.1, 0.15) is 53.9 Å². The summed E-state index contributed by atoms with van der Waals surface area (Å²) >= 11 is 1.62. The normalized spacial score (nSPS) is 19.9. The average molecular weight is 400 g/mol. The van der Waals surface area contributed by atoms with E-state index in [1.165, 1.54) is 0 Å². The summed E-state index contributed by atoms with van der Waals surface area (Å²) in [5, 5.41) is 13.0. The van der Waals surface area contributed by atoms with Gasteiger partial charge in [-0.2, -0.15) is 0 Å². The number of hydrogen-bond donors (Lipinski definition) is 1. The Labute approximate surface area is 168 Å². The number of likely N-dealkylation sites (tertiary alicyclic amines) is 1. The molecule has 1 saturated heterocycles. The minimum atomic E-state index is -0.151. The monoisotopic (exact) mass is 399 g/mol. The van der Waals surface area contributed by atoms with Gasteiger partial charge in [-0.25, -0.2) is 0 Å². The number of aromatic nitrogens is 3. The molecule has 1 atom stereocenters. The molecule has 0 unspecified atom stereocenters. The number of nitrogens with zero attached hydrogens (tertiary/aromatic N) is 4. The molecule has 1 aliphatic heterocycles. The number of nitrogens with one attached hydrogen (secondary N) is 1. The van der Waals surface area contributed by atoms with E-state index in [1.54, 1.807) is 28.3 Å². The van der Waals surface area contributed by atoms with Crippen LogP contribution in [0.4, 0.5) is 0 Å². The summed E-state index contributed by atoms with van der Waals surface area (Å²) in [6.45, 7) is 1.44. The first-order valence-electron chi connectivity index (χ1n) is 9.92. The molecular weight excluding hydrogens is 374 g/mol. The van der Waals surface area contributed by atoms with Crippen molar-refractivity contribution in [2.24, 2.45) is 0 Å². The van der Waals surface area contributed by atoms with Crippen molar-refractivity contribution < 1.29 is 9.59 Å². The Morgan fingerprint density at radius 3 is 2.96 bits per heavy atom. The molecular formula is C20H25N5O2S. The number of aryl methyl sites for hydroxylation is 1. The second-order valence-corrected chi connectivity index (χ2v) is 8.41. The fourth-order valence-electron chi connectivity index (χ4n) is 3.51. The van der Waals surface area contributed by atoms with Gasteiger partial charge in [0.1, 0.15) is 0 Å². The molecule has 28 heavy (non-hydrogen) atoms. The van der Waals surface area contributed by atoms with Crippen LogP contribution in [0, 0.1) is 0 Å². The zero-order valence-electron chi connectivity index (χ0n) is 15.8. The van der Waals surface area contributed by atoms with E-state index in [0.29, 0.717) is 18.3 Å². The fraction of sp³-hybridized carbons (Fsp3) is 0.500. The van der Waals surface area contributed by atoms with E-state index in [9.17, 15) is 9.59 Å². The molecule has 1 aliphatic carbocycles. The molecule has 0 radical (unpaired) electrons. The van der Waals surface area contributed by atoms with Gasteiger partial charge in [0.2, 0.25) is 5.91 Å². The topological polar surface area (TPSA) is 80.1 Å². The first-order chi connectivity index (χ1) is 13.7. The molecule has 2 fully saturated rings. The lowest BCUT2D eigenvalue weighted by Gasteiger charge is -2.35. The maximum Gasteiger partial charge on any atom is 0.273 e. The quantitative estimate of drug-likeness (QED) is 0.726. The number of carbonyl (C=O) groups excluding carboxylic acids is 2. The van der Waals surface area contributed by atoms with Crippen LogP contribution in [0.5, 0.6) is 0 Å². The van der Waals surface area contributed by atoms with Crippen LogP contribution in [-0.2, 0) is 11.3 Å². The largest absolute Gasteiger partial charge is 0.348 e. The molecule has 0 aromatic carbocycles. The van der Waals surface area contributed by atoms with Crippen LogP contribution < -0.4 is 5.32 Å². The molecule has 1 N–H and O–H groups in total. The second-order valence-electron chi connectivity index (χ2n) is 7.43. The van der Waals surface area contributed by atoms with Gasteiger partial charge >= 0.3 is 0 Å². The van der Waals surface area contributed by atoms with Crippen molar-refractivity contribution in [3.63, 3.8) is 0 Å². The third kappa shape index (κ3) is 4.86. The van der Waals surface area contributed by atoms with E-state index >= 15 is 0 Å². The highest BCUT2D eigenvalue weighted by molar-refractivity contribution is 7.10. The van der Waals surface area contributed by atoms with Gasteiger partial charge in [-0.1, -0.05) is 11.3 Å². The lowest BCUT2D eigenvalue weighted by Crippen LogP contribution is -2.43. The molecule has 4 rings (SSSR count). The van der Waals surface area contributed by atoms with Crippen molar-refractivity contribution in [2.75, 3.05) is 6.54 Å². The maximum atomic E-state index is 12.7. The van der Waals surface area contributed by atoms with E-state index < -0.39 is 0 Å². The van der Waals surface area contributed by atoms with Gasteiger partial charge in [-0.15, -0.1) is 16.4 Å². The zero-order chi connectivity index (χ0) is 19.3. The molecule has 1 saturated carbocycles. The summed E-state index contributed by atoms with van der Waals surface area (Å²) < 4.78 is 1.71.